The highest BCUT2D eigenvalue weighted by molar-refractivity contribution is 5.74. The third-order valence-corrected chi connectivity index (χ3v) is 2.99. The molecule has 1 aliphatic heterocycles. The summed E-state index contributed by atoms with van der Waals surface area (Å²) in [5, 5.41) is 12.0. The van der Waals surface area contributed by atoms with Gasteiger partial charge in [-0.2, -0.15) is 0 Å². The number of nitrogens with one attached hydrogen (secondary N) is 2. The van der Waals surface area contributed by atoms with E-state index in [1.807, 2.05) is 12.1 Å². The molecule has 0 aromatic carbocycles. The van der Waals surface area contributed by atoms with Crippen molar-refractivity contribution in [3.8, 4) is 0 Å². The molecule has 19 heavy (non-hydrogen) atoms. The third kappa shape index (κ3) is 2.56. The highest BCUT2D eigenvalue weighted by atomic mass is 16.5. The first-order chi connectivity index (χ1) is 9.22. The molecule has 7 heteroatoms. The molecule has 100 valence electrons. The molecule has 2 aromatic rings. The number of hydrogen-bond acceptors (Lipinski definition) is 5. The van der Waals surface area contributed by atoms with Gasteiger partial charge in [0.15, 0.2) is 5.65 Å². The molecule has 3 N–H and O–H groups in total. The van der Waals surface area contributed by atoms with Crippen molar-refractivity contribution >= 4 is 17.1 Å². The summed E-state index contributed by atoms with van der Waals surface area (Å²) >= 11 is 0. The number of fused-ring (bicyclic) bond motifs is 1. The predicted molar refractivity (Wildman–Crippen MR) is 66.8 cm³/mol. The molecule has 1 aliphatic rings. The fourth-order valence-electron chi connectivity index (χ4n) is 2.12. The topological polar surface area (TPSA) is 100 Å². The minimum atomic E-state index is -0.918. The second kappa shape index (κ2) is 4.94. The smallest absolute Gasteiger partial charge is 0.311 e. The van der Waals surface area contributed by atoms with Gasteiger partial charge in [0.05, 0.1) is 17.8 Å². The number of aromatic nitrogens is 3. The van der Waals surface area contributed by atoms with Crippen LogP contribution in [0.2, 0.25) is 0 Å². The summed E-state index contributed by atoms with van der Waals surface area (Å²) in [5.41, 5.74) is 2.08. The number of aliphatic carboxylic acids is 1. The van der Waals surface area contributed by atoms with Crippen LogP contribution in [0.5, 0.6) is 0 Å². The predicted octanol–water partition coefficient (Wildman–Crippen LogP) is 0.246. The largest absolute Gasteiger partial charge is 0.481 e. The van der Waals surface area contributed by atoms with Crippen molar-refractivity contribution in [1.29, 1.82) is 0 Å². The first-order valence-electron chi connectivity index (χ1n) is 6.12. The number of hydrogen-bond donors (Lipinski definition) is 3. The number of H-pyrrole nitrogens is 1. The van der Waals surface area contributed by atoms with Gasteiger partial charge in [-0.1, -0.05) is 0 Å². The molecule has 1 atom stereocenters. The van der Waals surface area contributed by atoms with Gasteiger partial charge in [-0.25, -0.2) is 9.97 Å². The number of imidazole rings is 1. The Kier molecular flexibility index (Phi) is 3.14. The molecule has 0 radical (unpaired) electrons. The van der Waals surface area contributed by atoms with E-state index in [-0.39, 0.29) is 12.5 Å². The number of rotatable bonds is 3. The molecular formula is C12H14N4O3. The van der Waals surface area contributed by atoms with E-state index in [0.717, 1.165) is 24.3 Å². The third-order valence-electron chi connectivity index (χ3n) is 2.99. The van der Waals surface area contributed by atoms with E-state index < -0.39 is 5.97 Å². The van der Waals surface area contributed by atoms with Gasteiger partial charge >= 0.3 is 5.97 Å². The molecule has 1 unspecified atom stereocenters. The molecule has 0 amide bonds. The Morgan fingerprint density at radius 2 is 2.37 bits per heavy atom. The zero-order valence-corrected chi connectivity index (χ0v) is 10.2. The molecule has 0 aliphatic carbocycles. The Bertz CT molecular complexity index is 604. The molecule has 7 nitrogen and oxygen atoms in total. The fraction of sp³-hybridized carbons (Fsp3) is 0.417. The molecule has 3 rings (SSSR count). The van der Waals surface area contributed by atoms with Gasteiger partial charge in [-0.05, 0) is 12.1 Å². The number of aromatic amines is 1. The summed E-state index contributed by atoms with van der Waals surface area (Å²) in [4.78, 5) is 22.2. The maximum atomic E-state index is 10.7. The van der Waals surface area contributed by atoms with Crippen LogP contribution in [-0.2, 0) is 16.0 Å². The average molecular weight is 262 g/mol. The lowest BCUT2D eigenvalue weighted by atomic mass is 10.2. The van der Waals surface area contributed by atoms with E-state index in [1.54, 1.807) is 0 Å². The number of pyridine rings is 1. The van der Waals surface area contributed by atoms with Crippen LogP contribution in [0.25, 0.3) is 11.2 Å². The van der Waals surface area contributed by atoms with E-state index in [4.69, 9.17) is 9.84 Å². The first-order valence-corrected chi connectivity index (χ1v) is 6.12. The molecule has 1 saturated heterocycles. The van der Waals surface area contributed by atoms with Crippen LogP contribution >= 0.6 is 0 Å². The number of nitrogens with zero attached hydrogens (tertiary/aromatic N) is 2. The molecule has 0 saturated carbocycles. The summed E-state index contributed by atoms with van der Waals surface area (Å²) in [6.07, 6.45) is -0.203. The normalized spacial score (nSPS) is 19.7. The van der Waals surface area contributed by atoms with Crippen molar-refractivity contribution in [2.45, 2.75) is 12.5 Å². The van der Waals surface area contributed by atoms with E-state index in [1.165, 1.54) is 0 Å². The van der Waals surface area contributed by atoms with E-state index in [9.17, 15) is 4.79 Å². The molecule has 0 bridgehead atoms. The Morgan fingerprint density at radius 3 is 3.11 bits per heavy atom. The Morgan fingerprint density at radius 1 is 1.47 bits per heavy atom. The van der Waals surface area contributed by atoms with Gasteiger partial charge in [0, 0.05) is 13.1 Å². The summed E-state index contributed by atoms with van der Waals surface area (Å²) in [6, 6.07) is 3.73. The monoisotopic (exact) mass is 262 g/mol. The standard InChI is InChI=1S/C12H14N4O3/c17-11(18)5-10-14-8-2-1-7(15-12(8)16-10)9-6-13-3-4-19-9/h1-2,9,13H,3-6H2,(H,17,18)(H,14,15,16). The van der Waals surface area contributed by atoms with Crippen molar-refractivity contribution in [3.63, 3.8) is 0 Å². The average Bonchev–Trinajstić information content (AvgIpc) is 2.79. The van der Waals surface area contributed by atoms with Crippen LogP contribution in [0.3, 0.4) is 0 Å². The lowest BCUT2D eigenvalue weighted by Gasteiger charge is -2.22. The van der Waals surface area contributed by atoms with Gasteiger partial charge < -0.3 is 20.1 Å². The second-order valence-corrected chi connectivity index (χ2v) is 4.42. The molecule has 0 spiro atoms. The summed E-state index contributed by atoms with van der Waals surface area (Å²) in [5.74, 6) is -0.506. The van der Waals surface area contributed by atoms with Crippen LogP contribution in [0.1, 0.15) is 17.6 Å². The second-order valence-electron chi connectivity index (χ2n) is 4.42. The maximum absolute atomic E-state index is 10.7. The summed E-state index contributed by atoms with van der Waals surface area (Å²) < 4.78 is 5.63. The van der Waals surface area contributed by atoms with Crippen molar-refractivity contribution in [3.05, 3.63) is 23.7 Å². The number of ether oxygens (including phenoxy) is 1. The number of carboxylic acid groups (broad SMARTS) is 1. The lowest BCUT2D eigenvalue weighted by Crippen LogP contribution is -2.33. The van der Waals surface area contributed by atoms with E-state index in [0.29, 0.717) is 18.1 Å². The number of morpholine rings is 1. The number of carbonyl (C=O) groups is 1. The van der Waals surface area contributed by atoms with Crippen LogP contribution in [0, 0.1) is 0 Å². The Balaban J connectivity index is 1.89. The summed E-state index contributed by atoms with van der Waals surface area (Å²) in [6.45, 7) is 2.24. The van der Waals surface area contributed by atoms with Crippen LogP contribution in [0.4, 0.5) is 0 Å². The van der Waals surface area contributed by atoms with Crippen molar-refractivity contribution in [1.82, 2.24) is 20.3 Å². The van der Waals surface area contributed by atoms with Gasteiger partial charge in [0.2, 0.25) is 0 Å². The SMILES string of the molecule is O=C(O)Cc1nc2nc(C3CNCCO3)ccc2[nH]1. The van der Waals surface area contributed by atoms with Gasteiger partial charge in [0.25, 0.3) is 0 Å². The van der Waals surface area contributed by atoms with Crippen LogP contribution in [0.15, 0.2) is 12.1 Å². The highest BCUT2D eigenvalue weighted by Crippen LogP contribution is 2.19. The Labute approximate surface area is 109 Å². The van der Waals surface area contributed by atoms with E-state index in [2.05, 4.69) is 20.3 Å². The molecule has 2 aromatic heterocycles. The van der Waals surface area contributed by atoms with Crippen molar-refractivity contribution in [2.75, 3.05) is 19.7 Å². The zero-order valence-electron chi connectivity index (χ0n) is 10.2. The van der Waals surface area contributed by atoms with E-state index >= 15 is 0 Å². The minimum absolute atomic E-state index is 0.0715. The minimum Gasteiger partial charge on any atom is -0.481 e. The highest BCUT2D eigenvalue weighted by Gasteiger charge is 2.18. The van der Waals surface area contributed by atoms with Crippen molar-refractivity contribution in [2.24, 2.45) is 0 Å². The lowest BCUT2D eigenvalue weighted by molar-refractivity contribution is -0.136. The fourth-order valence-corrected chi connectivity index (χ4v) is 2.12. The number of carboxylic acids is 1. The quantitative estimate of drug-likeness (QED) is 0.733. The first kappa shape index (κ1) is 12.1. The van der Waals surface area contributed by atoms with Gasteiger partial charge in [-0.15, -0.1) is 0 Å². The van der Waals surface area contributed by atoms with Crippen molar-refractivity contribution < 1.29 is 14.6 Å². The zero-order chi connectivity index (χ0) is 13.2. The van der Waals surface area contributed by atoms with Crippen LogP contribution in [-0.4, -0.2) is 45.7 Å². The van der Waals surface area contributed by atoms with Gasteiger partial charge in [0.1, 0.15) is 18.3 Å². The Hall–Kier alpha value is -1.99. The van der Waals surface area contributed by atoms with Crippen LogP contribution < -0.4 is 5.32 Å². The maximum Gasteiger partial charge on any atom is 0.311 e. The molecule has 3 heterocycles. The van der Waals surface area contributed by atoms with Gasteiger partial charge in [-0.3, -0.25) is 4.79 Å². The molecular weight excluding hydrogens is 248 g/mol. The summed E-state index contributed by atoms with van der Waals surface area (Å²) in [7, 11) is 0. The molecule has 1 fully saturated rings.